The largest absolute Gasteiger partial charge is 0.497 e. The van der Waals surface area contributed by atoms with Gasteiger partial charge in [0.15, 0.2) is 0 Å². The number of methoxy groups -OCH3 is 2. The first kappa shape index (κ1) is 22.7. The molecular formula is C23H25FN2O4S. The summed E-state index contributed by atoms with van der Waals surface area (Å²) in [5.74, 6) is 0.583. The van der Waals surface area contributed by atoms with Gasteiger partial charge < -0.3 is 19.1 Å². The highest BCUT2D eigenvalue weighted by Crippen LogP contribution is 2.20. The van der Waals surface area contributed by atoms with Crippen LogP contribution >= 0.6 is 11.3 Å². The number of nitrogens with zero attached hydrogens (tertiary/aromatic N) is 2. The van der Waals surface area contributed by atoms with Gasteiger partial charge in [0, 0.05) is 25.6 Å². The van der Waals surface area contributed by atoms with Crippen molar-refractivity contribution in [3.05, 3.63) is 76.0 Å². The van der Waals surface area contributed by atoms with Crippen molar-refractivity contribution in [2.24, 2.45) is 0 Å². The molecule has 0 spiro atoms. The number of carbonyl (C=O) groups is 1. The number of amides is 1. The summed E-state index contributed by atoms with van der Waals surface area (Å²) in [5, 5.41) is 2.69. The maximum Gasteiger partial charge on any atom is 0.257 e. The van der Waals surface area contributed by atoms with Crippen LogP contribution in [0.3, 0.4) is 0 Å². The molecule has 6 nitrogen and oxygen atoms in total. The zero-order valence-corrected chi connectivity index (χ0v) is 18.4. The first-order chi connectivity index (χ1) is 15.1. The molecule has 0 bridgehead atoms. The molecule has 164 valence electrons. The predicted molar refractivity (Wildman–Crippen MR) is 117 cm³/mol. The monoisotopic (exact) mass is 444 g/mol. The van der Waals surface area contributed by atoms with Crippen LogP contribution in [0.25, 0.3) is 0 Å². The molecule has 0 aliphatic heterocycles. The minimum absolute atomic E-state index is 0.0539. The van der Waals surface area contributed by atoms with Gasteiger partial charge in [0.2, 0.25) is 0 Å². The summed E-state index contributed by atoms with van der Waals surface area (Å²) in [6.07, 6.45) is 0.647. The van der Waals surface area contributed by atoms with Crippen LogP contribution in [0.1, 0.15) is 27.5 Å². The molecule has 0 atom stereocenters. The zero-order valence-electron chi connectivity index (χ0n) is 17.5. The summed E-state index contributed by atoms with van der Waals surface area (Å²) in [4.78, 5) is 19.1. The standard InChI is InChI=1S/C23H25FN2O4S/c1-28-13-5-12-26(23(27)20-6-3-4-7-21(20)24)14-17-16-31-22(25-17)15-30-19-10-8-18(29-2)9-11-19/h3-4,6-11,16H,5,12-15H2,1-2H3. The molecule has 1 amide bonds. The van der Waals surface area contributed by atoms with Gasteiger partial charge in [-0.1, -0.05) is 12.1 Å². The molecule has 0 unspecified atom stereocenters. The molecule has 0 N–H and O–H groups in total. The number of hydrogen-bond acceptors (Lipinski definition) is 6. The lowest BCUT2D eigenvalue weighted by atomic mass is 10.1. The quantitative estimate of drug-likeness (QED) is 0.406. The van der Waals surface area contributed by atoms with Gasteiger partial charge in [-0.05, 0) is 42.8 Å². The van der Waals surface area contributed by atoms with Gasteiger partial charge in [0.1, 0.15) is 28.9 Å². The second-order valence-electron chi connectivity index (χ2n) is 6.75. The number of rotatable bonds is 11. The third-order valence-corrected chi connectivity index (χ3v) is 5.41. The van der Waals surface area contributed by atoms with Gasteiger partial charge in [-0.2, -0.15) is 0 Å². The van der Waals surface area contributed by atoms with E-state index in [4.69, 9.17) is 14.2 Å². The molecule has 0 saturated carbocycles. The Labute approximate surface area is 185 Å². The van der Waals surface area contributed by atoms with E-state index in [1.54, 1.807) is 31.3 Å². The van der Waals surface area contributed by atoms with Crippen LogP contribution in [0.2, 0.25) is 0 Å². The molecule has 0 aliphatic carbocycles. The summed E-state index contributed by atoms with van der Waals surface area (Å²) in [5.41, 5.74) is 0.790. The molecule has 1 aromatic heterocycles. The molecule has 3 rings (SSSR count). The van der Waals surface area contributed by atoms with Crippen molar-refractivity contribution in [2.75, 3.05) is 27.4 Å². The van der Waals surface area contributed by atoms with Crippen molar-refractivity contribution < 1.29 is 23.4 Å². The molecule has 0 saturated heterocycles. The second kappa shape index (κ2) is 11.4. The molecule has 8 heteroatoms. The number of hydrogen-bond donors (Lipinski definition) is 0. The number of thiazole rings is 1. The van der Waals surface area contributed by atoms with Crippen LogP contribution in [0, 0.1) is 5.82 Å². The van der Waals surface area contributed by atoms with Gasteiger partial charge in [0.05, 0.1) is 24.9 Å². The number of halogens is 1. The van der Waals surface area contributed by atoms with Crippen molar-refractivity contribution in [1.29, 1.82) is 0 Å². The van der Waals surface area contributed by atoms with Crippen LogP contribution in [0.15, 0.2) is 53.9 Å². The lowest BCUT2D eigenvalue weighted by Gasteiger charge is -2.22. The third kappa shape index (κ3) is 6.50. The van der Waals surface area contributed by atoms with E-state index in [2.05, 4.69) is 4.98 Å². The average molecular weight is 445 g/mol. The van der Waals surface area contributed by atoms with Crippen LogP contribution in [-0.4, -0.2) is 43.2 Å². The minimum Gasteiger partial charge on any atom is -0.497 e. The lowest BCUT2D eigenvalue weighted by Crippen LogP contribution is -2.32. The Kier molecular flexibility index (Phi) is 8.37. The topological polar surface area (TPSA) is 60.9 Å². The summed E-state index contributed by atoms with van der Waals surface area (Å²) in [6.45, 7) is 1.56. The molecule has 0 fully saturated rings. The Hall–Kier alpha value is -2.97. The zero-order chi connectivity index (χ0) is 22.1. The van der Waals surface area contributed by atoms with Gasteiger partial charge >= 0.3 is 0 Å². The number of aromatic nitrogens is 1. The number of benzene rings is 2. The fourth-order valence-electron chi connectivity index (χ4n) is 2.96. The fourth-order valence-corrected chi connectivity index (χ4v) is 3.65. The second-order valence-corrected chi connectivity index (χ2v) is 7.69. The number of ether oxygens (including phenoxy) is 3. The van der Waals surface area contributed by atoms with Crippen LogP contribution in [0.4, 0.5) is 4.39 Å². The molecular weight excluding hydrogens is 419 g/mol. The highest BCUT2D eigenvalue weighted by Gasteiger charge is 2.20. The summed E-state index contributed by atoms with van der Waals surface area (Å²) < 4.78 is 30.1. The molecule has 0 aliphatic rings. The SMILES string of the molecule is COCCCN(Cc1csc(COc2ccc(OC)cc2)n1)C(=O)c1ccccc1F. The Morgan fingerprint density at radius 1 is 1.10 bits per heavy atom. The van der Waals surface area contributed by atoms with Crippen LogP contribution in [0.5, 0.6) is 11.5 Å². The minimum atomic E-state index is -0.531. The first-order valence-corrected chi connectivity index (χ1v) is 10.7. The molecule has 3 aromatic rings. The van der Waals surface area contributed by atoms with Gasteiger partial charge in [-0.25, -0.2) is 9.37 Å². The molecule has 0 radical (unpaired) electrons. The Morgan fingerprint density at radius 2 is 1.84 bits per heavy atom. The van der Waals surface area contributed by atoms with Crippen LogP contribution < -0.4 is 9.47 Å². The van der Waals surface area contributed by atoms with E-state index in [-0.39, 0.29) is 18.0 Å². The molecule has 2 aromatic carbocycles. The average Bonchev–Trinajstić information content (AvgIpc) is 3.25. The highest BCUT2D eigenvalue weighted by atomic mass is 32.1. The summed E-state index contributed by atoms with van der Waals surface area (Å²) in [6, 6.07) is 13.3. The number of carbonyl (C=O) groups excluding carboxylic acids is 1. The normalized spacial score (nSPS) is 10.7. The fraction of sp³-hybridized carbons (Fsp3) is 0.304. The highest BCUT2D eigenvalue weighted by molar-refractivity contribution is 7.09. The van der Waals surface area contributed by atoms with Gasteiger partial charge in [0.25, 0.3) is 5.91 Å². The third-order valence-electron chi connectivity index (χ3n) is 4.54. The molecule has 1 heterocycles. The van der Waals surface area contributed by atoms with E-state index in [0.717, 1.165) is 16.5 Å². The Bertz CT molecular complexity index is 978. The first-order valence-electron chi connectivity index (χ1n) is 9.83. The summed E-state index contributed by atoms with van der Waals surface area (Å²) in [7, 11) is 3.22. The van der Waals surface area contributed by atoms with Crippen molar-refractivity contribution in [3.8, 4) is 11.5 Å². The van der Waals surface area contributed by atoms with E-state index < -0.39 is 5.82 Å². The summed E-state index contributed by atoms with van der Waals surface area (Å²) >= 11 is 1.46. The van der Waals surface area contributed by atoms with Crippen LogP contribution in [-0.2, 0) is 17.9 Å². The van der Waals surface area contributed by atoms with Crippen molar-refractivity contribution in [1.82, 2.24) is 9.88 Å². The smallest absolute Gasteiger partial charge is 0.257 e. The molecule has 31 heavy (non-hydrogen) atoms. The van der Waals surface area contributed by atoms with E-state index in [9.17, 15) is 9.18 Å². The Morgan fingerprint density at radius 3 is 2.55 bits per heavy atom. The van der Waals surface area contributed by atoms with Crippen molar-refractivity contribution in [2.45, 2.75) is 19.6 Å². The van der Waals surface area contributed by atoms with E-state index >= 15 is 0 Å². The Balaban J connectivity index is 1.64. The van der Waals surface area contributed by atoms with E-state index in [1.165, 1.54) is 23.5 Å². The maximum atomic E-state index is 14.1. The van der Waals surface area contributed by atoms with E-state index in [1.807, 2.05) is 29.6 Å². The van der Waals surface area contributed by atoms with Crippen molar-refractivity contribution in [3.63, 3.8) is 0 Å². The lowest BCUT2D eigenvalue weighted by molar-refractivity contribution is 0.0717. The maximum absolute atomic E-state index is 14.1. The van der Waals surface area contributed by atoms with Crippen molar-refractivity contribution >= 4 is 17.2 Å². The predicted octanol–water partition coefficient (Wildman–Crippen LogP) is 4.55. The van der Waals surface area contributed by atoms with Gasteiger partial charge in [-0.3, -0.25) is 4.79 Å². The van der Waals surface area contributed by atoms with E-state index in [0.29, 0.717) is 31.9 Å². The van der Waals surface area contributed by atoms with Gasteiger partial charge in [-0.15, -0.1) is 11.3 Å².